The van der Waals surface area contributed by atoms with Gasteiger partial charge in [0, 0.05) is 0 Å². The van der Waals surface area contributed by atoms with E-state index in [9.17, 15) is 0 Å². The molecule has 0 N–H and O–H groups in total. The summed E-state index contributed by atoms with van der Waals surface area (Å²) in [7, 11) is 0. The molecule has 0 bridgehead atoms. The molecule has 11 rings (SSSR count). The molecule has 3 fully saturated rings. The quantitative estimate of drug-likeness (QED) is 0.0515. The number of ether oxygens (including phenoxy) is 12. The van der Waals surface area contributed by atoms with E-state index < -0.39 is 60.4 Å². The van der Waals surface area contributed by atoms with Crippen molar-refractivity contribution in [3.8, 4) is 0 Å². The summed E-state index contributed by atoms with van der Waals surface area (Å²) in [5.74, 6) is -3.25. The van der Waals surface area contributed by atoms with Crippen molar-refractivity contribution in [1.29, 1.82) is 0 Å². The Morgan fingerprint density at radius 1 is 0.268 bits per heavy atom. The van der Waals surface area contributed by atoms with Crippen LogP contribution >= 0.6 is 0 Å². The van der Waals surface area contributed by atoms with Gasteiger partial charge < -0.3 is 56.8 Å². The Kier molecular flexibility index (Phi) is 20.2. The van der Waals surface area contributed by atoms with Crippen LogP contribution in [0.15, 0.2) is 243 Å². The zero-order chi connectivity index (χ0) is 55.5. The van der Waals surface area contributed by atoms with E-state index in [0.717, 1.165) is 44.5 Å². The first kappa shape index (κ1) is 57.1. The summed E-state index contributed by atoms with van der Waals surface area (Å²) in [5, 5.41) is 0. The van der Waals surface area contributed by atoms with Crippen molar-refractivity contribution in [2.75, 3.05) is 26.4 Å². The number of benzene rings is 8. The van der Waals surface area contributed by atoms with E-state index in [1.54, 1.807) is 0 Å². The molecule has 0 saturated carbocycles. The first-order chi connectivity index (χ1) is 40.6. The van der Waals surface area contributed by atoms with E-state index in [1.807, 2.05) is 243 Å². The third-order valence-electron chi connectivity index (χ3n) is 15.1. The Hall–Kier alpha value is -6.72. The molecule has 0 radical (unpaired) electrons. The van der Waals surface area contributed by atoms with Crippen LogP contribution in [0, 0.1) is 0 Å². The molecule has 8 aromatic rings. The normalized spacial score (nSPS) is 25.3. The minimum atomic E-state index is -1.62. The Bertz CT molecular complexity index is 2840. The van der Waals surface area contributed by atoms with Crippen molar-refractivity contribution in [2.45, 2.75) is 113 Å². The zero-order valence-corrected chi connectivity index (χ0v) is 46.1. The van der Waals surface area contributed by atoms with Crippen molar-refractivity contribution >= 4 is 0 Å². The van der Waals surface area contributed by atoms with Crippen LogP contribution in [0.25, 0.3) is 0 Å². The van der Waals surface area contributed by atoms with Gasteiger partial charge in [0.05, 0.1) is 66.1 Å². The monoisotopic (exact) mass is 1100 g/mol. The summed E-state index contributed by atoms with van der Waals surface area (Å²) in [6.45, 7) is 1.97. The van der Waals surface area contributed by atoms with Crippen LogP contribution in [0.4, 0.5) is 0 Å². The standard InChI is InChI=1S/C70H72O12/c1-9-25-53(26-10-1)41-71-49-61-63(73-43-55-29-13-3-14-30-55)65(75-45-57-33-17-5-18-34-57)67(77-47-59-37-21-7-22-38-59)69(81-61)51-80-70(52-79-69)68(78-48-60-39-23-8-24-40-60)66(76-46-58-35-19-6-20-36-58)64(74-44-56-31-15-4-16-32-56)62(82-70)50-72-42-54-27-11-2-12-28-54/h1-40,61-68H,41-52H2/t61-,62-,63+,64+,65+,66+,67-,68-,69+,70+/m1/s1. The summed E-state index contributed by atoms with van der Waals surface area (Å²) < 4.78 is 85.8. The van der Waals surface area contributed by atoms with Crippen LogP contribution in [0.2, 0.25) is 0 Å². The highest BCUT2D eigenvalue weighted by Gasteiger charge is 2.66. The molecular formula is C70H72O12. The highest BCUT2D eigenvalue weighted by Crippen LogP contribution is 2.46. The smallest absolute Gasteiger partial charge is 0.222 e. The molecule has 3 aliphatic rings. The van der Waals surface area contributed by atoms with Gasteiger partial charge in [-0.3, -0.25) is 0 Å². The second-order valence-electron chi connectivity index (χ2n) is 21.0. The molecule has 2 spiro atoms. The summed E-state index contributed by atoms with van der Waals surface area (Å²) in [6.07, 6.45) is -6.41. The second-order valence-corrected chi connectivity index (χ2v) is 21.0. The van der Waals surface area contributed by atoms with E-state index in [4.69, 9.17) is 56.8 Å². The maximum absolute atomic E-state index is 7.46. The van der Waals surface area contributed by atoms with Crippen LogP contribution in [-0.4, -0.2) is 86.8 Å². The third kappa shape index (κ3) is 15.1. The maximum atomic E-state index is 7.46. The first-order valence-electron chi connectivity index (χ1n) is 28.4. The van der Waals surface area contributed by atoms with Gasteiger partial charge in [-0.1, -0.05) is 243 Å². The lowest BCUT2D eigenvalue weighted by molar-refractivity contribution is -0.477. The van der Waals surface area contributed by atoms with Crippen LogP contribution in [0.1, 0.15) is 44.5 Å². The lowest BCUT2D eigenvalue weighted by atomic mass is 9.88. The molecule has 3 aliphatic heterocycles. The van der Waals surface area contributed by atoms with Gasteiger partial charge >= 0.3 is 0 Å². The van der Waals surface area contributed by atoms with Crippen LogP contribution in [-0.2, 0) is 110 Å². The number of hydrogen-bond acceptors (Lipinski definition) is 12. The molecular weight excluding hydrogens is 1030 g/mol. The summed E-state index contributed by atoms with van der Waals surface area (Å²) in [4.78, 5) is 0. The molecule has 0 unspecified atom stereocenters. The van der Waals surface area contributed by atoms with Gasteiger partial charge in [0.2, 0.25) is 11.6 Å². The van der Waals surface area contributed by atoms with Crippen molar-refractivity contribution in [2.24, 2.45) is 0 Å². The van der Waals surface area contributed by atoms with Crippen LogP contribution in [0.3, 0.4) is 0 Å². The van der Waals surface area contributed by atoms with Crippen molar-refractivity contribution in [1.82, 2.24) is 0 Å². The summed E-state index contributed by atoms with van der Waals surface area (Å²) in [5.41, 5.74) is 7.86. The SMILES string of the molecule is c1ccc(COC[C@H]2O[C@@]3(CO[C@@]4(CO3)O[C@H](COCc3ccccc3)[C@H](OCc3ccccc3)[C@H](OCc3ccccc3)[C@H]4OCc3ccccc3)[C@H](OCc3ccccc3)[C@@H](OCc3ccccc3)[C@H]2OCc2ccccc2)cc1. The average molecular weight is 1110 g/mol. The minimum Gasteiger partial charge on any atom is -0.374 e. The van der Waals surface area contributed by atoms with Crippen LogP contribution < -0.4 is 0 Å². The van der Waals surface area contributed by atoms with Crippen LogP contribution in [0.5, 0.6) is 0 Å². The van der Waals surface area contributed by atoms with Crippen molar-refractivity contribution < 1.29 is 56.8 Å². The molecule has 8 aromatic carbocycles. The Morgan fingerprint density at radius 3 is 0.732 bits per heavy atom. The number of rotatable bonds is 26. The highest BCUT2D eigenvalue weighted by atomic mass is 16.8. The molecule has 3 heterocycles. The molecule has 3 saturated heterocycles. The van der Waals surface area contributed by atoms with Gasteiger partial charge in [-0.15, -0.1) is 0 Å². The minimum absolute atomic E-state index is 0.122. The molecule has 12 heteroatoms. The summed E-state index contributed by atoms with van der Waals surface area (Å²) in [6, 6.07) is 80.6. The summed E-state index contributed by atoms with van der Waals surface area (Å²) >= 11 is 0. The fourth-order valence-corrected chi connectivity index (χ4v) is 10.8. The van der Waals surface area contributed by atoms with Gasteiger partial charge in [0.15, 0.2) is 0 Å². The molecule has 82 heavy (non-hydrogen) atoms. The van der Waals surface area contributed by atoms with E-state index in [2.05, 4.69) is 0 Å². The Balaban J connectivity index is 0.982. The van der Waals surface area contributed by atoms with Gasteiger partial charge in [-0.25, -0.2) is 0 Å². The van der Waals surface area contributed by atoms with Crippen molar-refractivity contribution in [3.05, 3.63) is 287 Å². The maximum Gasteiger partial charge on any atom is 0.222 e. The topological polar surface area (TPSA) is 111 Å². The Morgan fingerprint density at radius 2 is 0.488 bits per heavy atom. The second kappa shape index (κ2) is 29.0. The molecule has 10 atom stereocenters. The average Bonchev–Trinajstić information content (AvgIpc) is 2.71. The van der Waals surface area contributed by atoms with E-state index in [0.29, 0.717) is 13.2 Å². The first-order valence-corrected chi connectivity index (χ1v) is 28.4. The predicted molar refractivity (Wildman–Crippen MR) is 309 cm³/mol. The molecule has 0 aromatic heterocycles. The number of hydrogen-bond donors (Lipinski definition) is 0. The lowest BCUT2D eigenvalue weighted by Gasteiger charge is -2.58. The fraction of sp³-hybridized carbons (Fsp3) is 0.314. The lowest BCUT2D eigenvalue weighted by Crippen LogP contribution is -2.76. The van der Waals surface area contributed by atoms with Crippen molar-refractivity contribution in [3.63, 3.8) is 0 Å². The fourth-order valence-electron chi connectivity index (χ4n) is 10.8. The molecule has 424 valence electrons. The predicted octanol–water partition coefficient (Wildman–Crippen LogP) is 12.2. The van der Waals surface area contributed by atoms with Gasteiger partial charge in [0.1, 0.15) is 62.0 Å². The zero-order valence-electron chi connectivity index (χ0n) is 46.1. The van der Waals surface area contributed by atoms with Gasteiger partial charge in [0.25, 0.3) is 0 Å². The van der Waals surface area contributed by atoms with E-state index in [1.165, 1.54) is 0 Å². The highest BCUT2D eigenvalue weighted by molar-refractivity contribution is 5.21. The van der Waals surface area contributed by atoms with E-state index in [-0.39, 0.29) is 66.1 Å². The molecule has 12 nitrogen and oxygen atoms in total. The Labute approximate surface area is 481 Å². The third-order valence-corrected chi connectivity index (χ3v) is 15.1. The molecule has 0 amide bonds. The largest absolute Gasteiger partial charge is 0.374 e. The molecule has 0 aliphatic carbocycles. The van der Waals surface area contributed by atoms with E-state index >= 15 is 0 Å². The van der Waals surface area contributed by atoms with Gasteiger partial charge in [-0.2, -0.15) is 0 Å². The van der Waals surface area contributed by atoms with Gasteiger partial charge in [-0.05, 0) is 44.5 Å².